The lowest BCUT2D eigenvalue weighted by molar-refractivity contribution is 0.0880. The second-order valence-electron chi connectivity index (χ2n) is 9.95. The van der Waals surface area contributed by atoms with E-state index < -0.39 is 6.23 Å². The summed E-state index contributed by atoms with van der Waals surface area (Å²) in [6.07, 6.45) is 9.77. The summed E-state index contributed by atoms with van der Waals surface area (Å²) in [5.74, 6) is 0.618. The van der Waals surface area contributed by atoms with Crippen molar-refractivity contribution < 1.29 is 5.11 Å². The van der Waals surface area contributed by atoms with Crippen molar-refractivity contribution in [3.63, 3.8) is 0 Å². The average molecular weight is 492 g/mol. The van der Waals surface area contributed by atoms with E-state index in [4.69, 9.17) is 4.98 Å². The molecule has 0 aliphatic rings. The molecule has 6 heterocycles. The van der Waals surface area contributed by atoms with Crippen LogP contribution in [-0.4, -0.2) is 51.4 Å². The minimum absolute atomic E-state index is 0.319. The van der Waals surface area contributed by atoms with Gasteiger partial charge in [-0.05, 0) is 35.9 Å². The molecule has 0 fully saturated rings. The van der Waals surface area contributed by atoms with Crippen molar-refractivity contribution in [2.45, 2.75) is 27.0 Å². The zero-order valence-corrected chi connectivity index (χ0v) is 20.6. The molecule has 0 aliphatic heterocycles. The molecule has 1 unspecified atom stereocenters. The van der Waals surface area contributed by atoms with Crippen molar-refractivity contribution in [3.8, 4) is 33.8 Å². The second kappa shape index (κ2) is 8.75. The Morgan fingerprint density at radius 3 is 2.49 bits per heavy atom. The number of hydrogen-bond donors (Lipinski definition) is 4. The Bertz CT molecular complexity index is 1720. The van der Waals surface area contributed by atoms with Gasteiger partial charge < -0.3 is 15.4 Å². The maximum Gasteiger partial charge on any atom is 0.181 e. The van der Waals surface area contributed by atoms with Crippen molar-refractivity contribution in [2.75, 3.05) is 5.32 Å². The number of pyridine rings is 4. The van der Waals surface area contributed by atoms with E-state index in [0.29, 0.717) is 22.8 Å². The lowest BCUT2D eigenvalue weighted by Crippen LogP contribution is -2.33. The van der Waals surface area contributed by atoms with E-state index in [9.17, 15) is 5.11 Å². The third-order valence-electron chi connectivity index (χ3n) is 6.23. The molecular weight excluding hydrogens is 466 g/mol. The average Bonchev–Trinajstić information content (AvgIpc) is 3.52. The third-order valence-corrected chi connectivity index (χ3v) is 6.23. The van der Waals surface area contributed by atoms with Gasteiger partial charge in [-0.3, -0.25) is 15.1 Å². The topological polar surface area (TPSA) is 141 Å². The van der Waals surface area contributed by atoms with Crippen LogP contribution in [0.25, 0.3) is 56.0 Å². The van der Waals surface area contributed by atoms with Gasteiger partial charge in [-0.15, -0.1) is 0 Å². The number of aromatic amines is 2. The van der Waals surface area contributed by atoms with E-state index in [2.05, 4.69) is 40.4 Å². The van der Waals surface area contributed by atoms with E-state index in [-0.39, 0.29) is 5.41 Å². The molecule has 0 spiro atoms. The van der Waals surface area contributed by atoms with E-state index in [1.165, 1.54) is 0 Å². The summed E-state index contributed by atoms with van der Waals surface area (Å²) < 4.78 is 0. The molecule has 6 aromatic heterocycles. The first-order chi connectivity index (χ1) is 17.9. The fourth-order valence-corrected chi connectivity index (χ4v) is 4.09. The predicted octanol–water partition coefficient (Wildman–Crippen LogP) is 4.80. The van der Waals surface area contributed by atoms with Gasteiger partial charge in [-0.2, -0.15) is 5.10 Å². The highest BCUT2D eigenvalue weighted by atomic mass is 16.3. The van der Waals surface area contributed by atoms with Gasteiger partial charge in [-0.25, -0.2) is 15.0 Å². The summed E-state index contributed by atoms with van der Waals surface area (Å²) in [4.78, 5) is 25.6. The van der Waals surface area contributed by atoms with Crippen molar-refractivity contribution >= 4 is 27.9 Å². The number of aliphatic hydroxyl groups excluding tert-OH is 1. The summed E-state index contributed by atoms with van der Waals surface area (Å²) in [5.41, 5.74) is 6.87. The fourth-order valence-electron chi connectivity index (χ4n) is 4.09. The minimum atomic E-state index is -0.718. The van der Waals surface area contributed by atoms with Crippen LogP contribution in [0.5, 0.6) is 0 Å². The molecule has 4 N–H and O–H groups in total. The molecular formula is C27H25N9O. The highest BCUT2D eigenvalue weighted by Gasteiger charge is 2.22. The molecule has 37 heavy (non-hydrogen) atoms. The SMILES string of the molecule is CC(C)(C)C(O)Nc1cncc(-c2cnc3n[nH]c(-c4nc5nccc(-c6ccncc6)c5[nH]4)c3c2)c1. The fraction of sp³-hybridized carbons (Fsp3) is 0.185. The molecule has 0 amide bonds. The van der Waals surface area contributed by atoms with Crippen LogP contribution in [0.4, 0.5) is 5.69 Å². The lowest BCUT2D eigenvalue weighted by atomic mass is 9.94. The first-order valence-electron chi connectivity index (χ1n) is 11.9. The van der Waals surface area contributed by atoms with Gasteiger partial charge in [0.05, 0.1) is 22.8 Å². The Morgan fingerprint density at radius 1 is 0.865 bits per heavy atom. The quantitative estimate of drug-likeness (QED) is 0.252. The maximum absolute atomic E-state index is 10.4. The van der Waals surface area contributed by atoms with Crippen molar-refractivity contribution in [3.05, 3.63) is 67.5 Å². The van der Waals surface area contributed by atoms with Crippen LogP contribution in [-0.2, 0) is 0 Å². The van der Waals surface area contributed by atoms with Crippen LogP contribution < -0.4 is 5.32 Å². The van der Waals surface area contributed by atoms with Gasteiger partial charge in [0.2, 0.25) is 0 Å². The molecule has 0 saturated carbocycles. The van der Waals surface area contributed by atoms with E-state index in [1.54, 1.807) is 37.2 Å². The van der Waals surface area contributed by atoms with Gasteiger partial charge in [-0.1, -0.05) is 20.8 Å². The highest BCUT2D eigenvalue weighted by molar-refractivity contribution is 5.96. The summed E-state index contributed by atoms with van der Waals surface area (Å²) >= 11 is 0. The Balaban J connectivity index is 1.40. The molecule has 0 saturated heterocycles. The maximum atomic E-state index is 10.4. The molecule has 6 aromatic rings. The number of fused-ring (bicyclic) bond motifs is 2. The van der Waals surface area contributed by atoms with Gasteiger partial charge in [0.25, 0.3) is 0 Å². The molecule has 0 aromatic carbocycles. The van der Waals surface area contributed by atoms with Crippen molar-refractivity contribution in [1.82, 2.24) is 40.1 Å². The van der Waals surface area contributed by atoms with Gasteiger partial charge in [0.15, 0.2) is 17.1 Å². The van der Waals surface area contributed by atoms with Gasteiger partial charge in [0.1, 0.15) is 11.9 Å². The third kappa shape index (κ3) is 4.27. The Labute approximate surface area is 212 Å². The number of H-pyrrole nitrogens is 2. The standard InChI is InChI=1S/C27H25N9O/c1-27(2,3)26(37)32-18-10-16(12-29-14-18)17-11-20-22(35-36-23(20)31-13-17)25-33-21-19(6-9-30-24(21)34-25)15-4-7-28-8-5-15/h4-14,26,32,37H,1-3H3,(H,30,33,34)(H,31,35,36). The van der Waals surface area contributed by atoms with Crippen molar-refractivity contribution in [2.24, 2.45) is 5.41 Å². The van der Waals surface area contributed by atoms with Crippen LogP contribution in [0.2, 0.25) is 0 Å². The number of imidazole rings is 1. The summed E-state index contributed by atoms with van der Waals surface area (Å²) in [6, 6.07) is 9.81. The normalized spacial score (nSPS) is 12.8. The summed E-state index contributed by atoms with van der Waals surface area (Å²) in [7, 11) is 0. The van der Waals surface area contributed by atoms with Crippen molar-refractivity contribution in [1.29, 1.82) is 0 Å². The molecule has 0 aliphatic carbocycles. The smallest absolute Gasteiger partial charge is 0.181 e. The van der Waals surface area contributed by atoms with Crippen LogP contribution in [0.15, 0.2) is 67.5 Å². The number of rotatable bonds is 5. The Morgan fingerprint density at radius 2 is 1.68 bits per heavy atom. The summed E-state index contributed by atoms with van der Waals surface area (Å²) in [5, 5.41) is 21.8. The molecule has 184 valence electrons. The van der Waals surface area contributed by atoms with Gasteiger partial charge >= 0.3 is 0 Å². The van der Waals surface area contributed by atoms with E-state index in [0.717, 1.165) is 38.8 Å². The monoisotopic (exact) mass is 491 g/mol. The van der Waals surface area contributed by atoms with Crippen LogP contribution in [0.1, 0.15) is 20.8 Å². The first-order valence-corrected chi connectivity index (χ1v) is 11.9. The Hall–Kier alpha value is -4.70. The molecule has 1 atom stereocenters. The zero-order valence-electron chi connectivity index (χ0n) is 20.6. The zero-order chi connectivity index (χ0) is 25.6. The van der Waals surface area contributed by atoms with E-state index in [1.807, 2.05) is 51.1 Å². The molecule has 10 nitrogen and oxygen atoms in total. The predicted molar refractivity (Wildman–Crippen MR) is 142 cm³/mol. The second-order valence-corrected chi connectivity index (χ2v) is 9.95. The van der Waals surface area contributed by atoms with Crippen LogP contribution in [0, 0.1) is 5.41 Å². The largest absolute Gasteiger partial charge is 0.373 e. The first kappa shape index (κ1) is 22.7. The minimum Gasteiger partial charge on any atom is -0.373 e. The molecule has 0 radical (unpaired) electrons. The number of anilines is 1. The number of nitrogens with zero attached hydrogens (tertiary/aromatic N) is 6. The van der Waals surface area contributed by atoms with E-state index >= 15 is 0 Å². The van der Waals surface area contributed by atoms with Gasteiger partial charge in [0, 0.05) is 53.1 Å². The summed E-state index contributed by atoms with van der Waals surface area (Å²) in [6.45, 7) is 5.90. The molecule has 0 bridgehead atoms. The number of nitrogens with one attached hydrogen (secondary N) is 3. The number of aromatic nitrogens is 8. The highest BCUT2D eigenvalue weighted by Crippen LogP contribution is 2.32. The van der Waals surface area contributed by atoms with Crippen LogP contribution in [0.3, 0.4) is 0 Å². The number of aliphatic hydroxyl groups is 1. The lowest BCUT2D eigenvalue weighted by Gasteiger charge is -2.27. The molecule has 10 heteroatoms. The number of hydrogen-bond acceptors (Lipinski definition) is 8. The van der Waals surface area contributed by atoms with Crippen LogP contribution >= 0.6 is 0 Å². The molecule has 6 rings (SSSR count). The Kier molecular flexibility index (Phi) is 5.38.